The van der Waals surface area contributed by atoms with Crippen LogP contribution in [0.1, 0.15) is 11.3 Å². The highest BCUT2D eigenvalue weighted by atomic mass is 35.5. The number of hydrogen-bond donors (Lipinski definition) is 1. The normalized spacial score (nSPS) is 10.9. The minimum atomic E-state index is -4.77. The third-order valence-electron chi connectivity index (χ3n) is 1.46. The fourth-order valence-electron chi connectivity index (χ4n) is 0.839. The molecule has 0 saturated carbocycles. The van der Waals surface area contributed by atoms with E-state index in [1.54, 1.807) is 0 Å². The van der Waals surface area contributed by atoms with E-state index in [0.717, 1.165) is 12.3 Å². The van der Waals surface area contributed by atoms with Crippen LogP contribution in [0.3, 0.4) is 0 Å². The van der Waals surface area contributed by atoms with Crippen molar-refractivity contribution in [3.05, 3.63) is 29.3 Å². The van der Waals surface area contributed by atoms with E-state index in [2.05, 4.69) is 4.98 Å². The summed E-state index contributed by atoms with van der Waals surface area (Å²) in [4.78, 5) is 2.90. The van der Waals surface area contributed by atoms with Crippen molar-refractivity contribution < 1.29 is 17.6 Å². The molecule has 2 nitrogen and oxygen atoms in total. The average molecular weight is 231 g/mol. The van der Waals surface area contributed by atoms with Gasteiger partial charge in [0, 0.05) is 18.3 Å². The van der Waals surface area contributed by atoms with Gasteiger partial charge in [0.1, 0.15) is 0 Å². The van der Waals surface area contributed by atoms with Gasteiger partial charge in [-0.15, -0.1) is 12.4 Å². The summed E-state index contributed by atoms with van der Waals surface area (Å²) in [5, 5.41) is 0. The van der Waals surface area contributed by atoms with Crippen LogP contribution in [0.4, 0.5) is 17.6 Å². The number of nitrogens with two attached hydrogens (primary N) is 1. The Kier molecular flexibility index (Phi) is 4.28. The van der Waals surface area contributed by atoms with Gasteiger partial charge in [0.2, 0.25) is 0 Å². The van der Waals surface area contributed by atoms with Crippen LogP contribution in [0.5, 0.6) is 0 Å². The van der Waals surface area contributed by atoms with Gasteiger partial charge in [-0.05, 0) is 6.07 Å². The summed E-state index contributed by atoms with van der Waals surface area (Å²) < 4.78 is 49.0. The van der Waals surface area contributed by atoms with E-state index in [9.17, 15) is 17.6 Å². The SMILES string of the molecule is Cl.NCc1ccnc(C(F)(F)F)c1F. The van der Waals surface area contributed by atoms with Gasteiger partial charge in [0.05, 0.1) is 0 Å². The third kappa shape index (κ3) is 2.55. The van der Waals surface area contributed by atoms with Gasteiger partial charge in [-0.3, -0.25) is 0 Å². The number of hydrogen-bond acceptors (Lipinski definition) is 2. The van der Waals surface area contributed by atoms with Crippen LogP contribution >= 0.6 is 12.4 Å². The maximum atomic E-state index is 12.9. The molecule has 0 aromatic carbocycles. The maximum absolute atomic E-state index is 12.9. The lowest BCUT2D eigenvalue weighted by Gasteiger charge is -2.08. The third-order valence-corrected chi connectivity index (χ3v) is 1.46. The molecule has 0 saturated heterocycles. The molecule has 1 rings (SSSR count). The average Bonchev–Trinajstić information content (AvgIpc) is 2.02. The lowest BCUT2D eigenvalue weighted by molar-refractivity contribution is -0.143. The summed E-state index contributed by atoms with van der Waals surface area (Å²) in [6.45, 7) is -0.280. The first kappa shape index (κ1) is 13.1. The first-order valence-corrected chi connectivity index (χ1v) is 3.37. The molecule has 0 aliphatic rings. The van der Waals surface area contributed by atoms with Gasteiger partial charge in [-0.1, -0.05) is 0 Å². The van der Waals surface area contributed by atoms with Gasteiger partial charge in [-0.2, -0.15) is 13.2 Å². The van der Waals surface area contributed by atoms with Gasteiger partial charge < -0.3 is 5.73 Å². The summed E-state index contributed by atoms with van der Waals surface area (Å²) in [6.07, 6.45) is -3.89. The fraction of sp³-hybridized carbons (Fsp3) is 0.286. The minimum Gasteiger partial charge on any atom is -0.326 e. The Bertz CT molecular complexity index is 313. The van der Waals surface area contributed by atoms with Crippen molar-refractivity contribution in [1.29, 1.82) is 0 Å². The Morgan fingerprint density at radius 3 is 2.36 bits per heavy atom. The van der Waals surface area contributed by atoms with E-state index in [0.29, 0.717) is 0 Å². The zero-order chi connectivity index (χ0) is 10.1. The second-order valence-corrected chi connectivity index (χ2v) is 2.33. The molecule has 1 heterocycles. The second kappa shape index (κ2) is 4.56. The Morgan fingerprint density at radius 1 is 1.36 bits per heavy atom. The maximum Gasteiger partial charge on any atom is 0.436 e. The highest BCUT2D eigenvalue weighted by Gasteiger charge is 2.36. The first-order valence-electron chi connectivity index (χ1n) is 3.37. The van der Waals surface area contributed by atoms with E-state index in [4.69, 9.17) is 5.73 Å². The van der Waals surface area contributed by atoms with E-state index >= 15 is 0 Å². The molecule has 80 valence electrons. The summed E-state index contributed by atoms with van der Waals surface area (Å²) in [6, 6.07) is 1.12. The molecular formula is C7H7ClF4N2. The molecule has 7 heteroatoms. The monoisotopic (exact) mass is 230 g/mol. The largest absolute Gasteiger partial charge is 0.436 e. The quantitative estimate of drug-likeness (QED) is 0.751. The topological polar surface area (TPSA) is 38.9 Å². The standard InChI is InChI=1S/C7H6F4N2.ClH/c8-5-4(3-12)1-2-13-6(5)7(9,10)11;/h1-2H,3,12H2;1H. The van der Waals surface area contributed by atoms with Crippen LogP contribution in [0, 0.1) is 5.82 Å². The van der Waals surface area contributed by atoms with Crippen LogP contribution in [0.25, 0.3) is 0 Å². The van der Waals surface area contributed by atoms with Crippen molar-refractivity contribution in [3.63, 3.8) is 0 Å². The van der Waals surface area contributed by atoms with Crippen molar-refractivity contribution in [1.82, 2.24) is 4.98 Å². The molecule has 1 aromatic rings. The summed E-state index contributed by atoms with van der Waals surface area (Å²) in [5.41, 5.74) is 3.32. The fourth-order valence-corrected chi connectivity index (χ4v) is 0.839. The van der Waals surface area contributed by atoms with Crippen molar-refractivity contribution in [2.45, 2.75) is 12.7 Å². The number of alkyl halides is 3. The smallest absolute Gasteiger partial charge is 0.326 e. The number of nitrogens with zero attached hydrogens (tertiary/aromatic N) is 1. The van der Waals surface area contributed by atoms with E-state index in [1.165, 1.54) is 0 Å². The zero-order valence-corrected chi connectivity index (χ0v) is 7.62. The molecule has 0 unspecified atom stereocenters. The summed E-state index contributed by atoms with van der Waals surface area (Å²) in [7, 11) is 0. The van der Waals surface area contributed by atoms with Gasteiger partial charge >= 0.3 is 6.18 Å². The van der Waals surface area contributed by atoms with Crippen LogP contribution in [0.2, 0.25) is 0 Å². The van der Waals surface area contributed by atoms with Crippen molar-refractivity contribution in [3.8, 4) is 0 Å². The Balaban J connectivity index is 0.00000169. The van der Waals surface area contributed by atoms with Crippen LogP contribution in [0.15, 0.2) is 12.3 Å². The van der Waals surface area contributed by atoms with Gasteiger partial charge in [-0.25, -0.2) is 9.37 Å². The predicted molar refractivity (Wildman–Crippen MR) is 44.3 cm³/mol. The highest BCUT2D eigenvalue weighted by molar-refractivity contribution is 5.85. The van der Waals surface area contributed by atoms with Crippen LogP contribution in [-0.2, 0) is 12.7 Å². The zero-order valence-electron chi connectivity index (χ0n) is 6.81. The minimum absolute atomic E-state index is 0. The molecule has 1 aromatic heterocycles. The Hall–Kier alpha value is -0.880. The van der Waals surface area contributed by atoms with E-state index < -0.39 is 17.7 Å². The molecule has 14 heavy (non-hydrogen) atoms. The molecule has 0 aliphatic heterocycles. The molecule has 0 spiro atoms. The van der Waals surface area contributed by atoms with Gasteiger partial charge in [0.25, 0.3) is 0 Å². The predicted octanol–water partition coefficient (Wildman–Crippen LogP) is 2.12. The summed E-state index contributed by atoms with van der Waals surface area (Å²) in [5.74, 6) is -1.39. The van der Waals surface area contributed by atoms with Crippen molar-refractivity contribution in [2.75, 3.05) is 0 Å². The first-order chi connectivity index (χ1) is 5.96. The molecule has 0 fully saturated rings. The van der Waals surface area contributed by atoms with Crippen molar-refractivity contribution in [2.24, 2.45) is 5.73 Å². The lowest BCUT2D eigenvalue weighted by atomic mass is 10.2. The second-order valence-electron chi connectivity index (χ2n) is 2.33. The highest BCUT2D eigenvalue weighted by Crippen LogP contribution is 2.30. The summed E-state index contributed by atoms with van der Waals surface area (Å²) >= 11 is 0. The Labute approximate surface area is 83.5 Å². The molecule has 2 N–H and O–H groups in total. The molecule has 0 bridgehead atoms. The molecule has 0 atom stereocenters. The van der Waals surface area contributed by atoms with E-state index in [1.807, 2.05) is 0 Å². The molecule has 0 radical (unpaired) electrons. The number of pyridine rings is 1. The number of aromatic nitrogens is 1. The molecular weight excluding hydrogens is 224 g/mol. The van der Waals surface area contributed by atoms with Crippen LogP contribution in [-0.4, -0.2) is 4.98 Å². The van der Waals surface area contributed by atoms with Crippen molar-refractivity contribution >= 4 is 12.4 Å². The van der Waals surface area contributed by atoms with Gasteiger partial charge in [0.15, 0.2) is 11.5 Å². The van der Waals surface area contributed by atoms with Crippen LogP contribution < -0.4 is 5.73 Å². The van der Waals surface area contributed by atoms with E-state index in [-0.39, 0.29) is 24.5 Å². The number of rotatable bonds is 1. The molecule has 0 aliphatic carbocycles. The number of halogens is 5. The Morgan fingerprint density at radius 2 is 1.93 bits per heavy atom. The molecule has 0 amide bonds. The lowest BCUT2D eigenvalue weighted by Crippen LogP contribution is -2.13.